The Bertz CT molecular complexity index is 1270. The van der Waals surface area contributed by atoms with E-state index in [1.807, 2.05) is 30.3 Å². The molecule has 2 amide bonds. The standard InChI is InChI=1S/C19H10F3NO5S2/c20-19(21,22)30(26,27)28-23-17(24)13-8-4-7-12-15(29-11-5-2-1-3-6-11)10-9-14(16(12)13)18(23)25/h1-10H. The van der Waals surface area contributed by atoms with Crippen molar-refractivity contribution in [1.29, 1.82) is 0 Å². The second-order valence-corrected chi connectivity index (χ2v) is 8.77. The molecular formula is C19H10F3NO5S2. The Morgan fingerprint density at radius 2 is 1.47 bits per heavy atom. The van der Waals surface area contributed by atoms with Crippen LogP contribution in [0.15, 0.2) is 70.5 Å². The summed E-state index contributed by atoms with van der Waals surface area (Å²) in [5.41, 5.74) is -6.08. The van der Waals surface area contributed by atoms with Gasteiger partial charge in [-0.2, -0.15) is 21.6 Å². The molecule has 0 saturated heterocycles. The normalized spacial score (nSPS) is 14.4. The lowest BCUT2D eigenvalue weighted by molar-refractivity contribution is -0.0761. The number of hydrogen-bond donors (Lipinski definition) is 0. The molecule has 0 aromatic heterocycles. The van der Waals surface area contributed by atoms with Gasteiger partial charge in [-0.05, 0) is 35.7 Å². The van der Waals surface area contributed by atoms with Crippen molar-refractivity contribution in [1.82, 2.24) is 5.06 Å². The largest absolute Gasteiger partial charge is 0.525 e. The van der Waals surface area contributed by atoms with Crippen molar-refractivity contribution in [3.63, 3.8) is 0 Å². The molecule has 6 nitrogen and oxygen atoms in total. The zero-order chi connectivity index (χ0) is 21.7. The van der Waals surface area contributed by atoms with E-state index in [0.717, 1.165) is 4.90 Å². The Balaban J connectivity index is 1.81. The third kappa shape index (κ3) is 3.34. The van der Waals surface area contributed by atoms with E-state index in [1.54, 1.807) is 12.1 Å². The van der Waals surface area contributed by atoms with Crippen molar-refractivity contribution < 1.29 is 35.5 Å². The maximum atomic E-state index is 12.7. The second-order valence-electron chi connectivity index (χ2n) is 6.13. The number of imide groups is 1. The van der Waals surface area contributed by atoms with Crippen LogP contribution in [0.4, 0.5) is 13.2 Å². The predicted octanol–water partition coefficient (Wildman–Crippen LogP) is 4.37. The first kappa shape index (κ1) is 20.4. The van der Waals surface area contributed by atoms with Gasteiger partial charge in [0.25, 0.3) is 11.8 Å². The molecule has 4 rings (SSSR count). The van der Waals surface area contributed by atoms with Gasteiger partial charge in [0.1, 0.15) is 0 Å². The minimum atomic E-state index is -6.20. The number of nitrogens with zero attached hydrogens (tertiary/aromatic N) is 1. The number of alkyl halides is 3. The minimum absolute atomic E-state index is 0.144. The van der Waals surface area contributed by atoms with Gasteiger partial charge in [0.2, 0.25) is 0 Å². The second kappa shape index (κ2) is 7.11. The molecule has 3 aromatic carbocycles. The molecule has 11 heteroatoms. The van der Waals surface area contributed by atoms with Gasteiger partial charge in [-0.25, -0.2) is 0 Å². The van der Waals surface area contributed by atoms with Crippen LogP contribution in [-0.4, -0.2) is 30.8 Å². The predicted molar refractivity (Wildman–Crippen MR) is 101 cm³/mol. The van der Waals surface area contributed by atoms with Crippen LogP contribution in [0.2, 0.25) is 0 Å². The fraction of sp³-hybridized carbons (Fsp3) is 0.0526. The van der Waals surface area contributed by atoms with Crippen molar-refractivity contribution in [3.05, 3.63) is 71.8 Å². The van der Waals surface area contributed by atoms with Crippen LogP contribution >= 0.6 is 11.8 Å². The Hall–Kier alpha value is -2.89. The summed E-state index contributed by atoms with van der Waals surface area (Å²) in [7, 11) is -6.20. The molecule has 1 aliphatic rings. The van der Waals surface area contributed by atoms with Gasteiger partial charge in [-0.1, -0.05) is 42.1 Å². The smallest absolute Gasteiger partial charge is 0.266 e. The highest BCUT2D eigenvalue weighted by atomic mass is 32.2. The number of carbonyl (C=O) groups is 2. The molecule has 0 radical (unpaired) electrons. The monoisotopic (exact) mass is 453 g/mol. The highest BCUT2D eigenvalue weighted by molar-refractivity contribution is 7.99. The molecule has 0 bridgehead atoms. The molecular weight excluding hydrogens is 443 g/mol. The lowest BCUT2D eigenvalue weighted by Crippen LogP contribution is -2.44. The summed E-state index contributed by atoms with van der Waals surface area (Å²) in [6, 6.07) is 16.6. The van der Waals surface area contributed by atoms with Crippen LogP contribution in [0.5, 0.6) is 0 Å². The summed E-state index contributed by atoms with van der Waals surface area (Å²) in [4.78, 5) is 26.9. The van der Waals surface area contributed by atoms with E-state index in [0.29, 0.717) is 10.3 Å². The summed E-state index contributed by atoms with van der Waals surface area (Å²) in [5, 5.41) is 0.376. The Morgan fingerprint density at radius 3 is 2.10 bits per heavy atom. The van der Waals surface area contributed by atoms with E-state index < -0.39 is 27.4 Å². The number of rotatable bonds is 4. The fourth-order valence-corrected chi connectivity index (χ4v) is 4.34. The molecule has 1 heterocycles. The van der Waals surface area contributed by atoms with E-state index in [2.05, 4.69) is 4.28 Å². The third-order valence-electron chi connectivity index (χ3n) is 4.26. The van der Waals surface area contributed by atoms with E-state index in [-0.39, 0.29) is 21.6 Å². The molecule has 0 saturated carbocycles. The number of amides is 2. The SMILES string of the molecule is O=C1c2cccc3c(Sc4ccccc4)ccc(c23)C(=O)N1OS(=O)(=O)C(F)(F)F. The molecule has 3 aromatic rings. The van der Waals surface area contributed by atoms with E-state index in [4.69, 9.17) is 0 Å². The van der Waals surface area contributed by atoms with Crippen LogP contribution < -0.4 is 0 Å². The summed E-state index contributed by atoms with van der Waals surface area (Å²) in [6.45, 7) is 0. The van der Waals surface area contributed by atoms with Crippen molar-refractivity contribution in [3.8, 4) is 0 Å². The maximum absolute atomic E-state index is 12.7. The highest BCUT2D eigenvalue weighted by Gasteiger charge is 2.51. The molecule has 0 spiro atoms. The van der Waals surface area contributed by atoms with Crippen LogP contribution in [0.25, 0.3) is 10.8 Å². The van der Waals surface area contributed by atoms with Gasteiger partial charge >= 0.3 is 15.6 Å². The molecule has 1 aliphatic heterocycles. The van der Waals surface area contributed by atoms with Gasteiger partial charge in [0.15, 0.2) is 0 Å². The van der Waals surface area contributed by atoms with Crippen molar-refractivity contribution >= 4 is 44.5 Å². The Morgan fingerprint density at radius 1 is 0.833 bits per heavy atom. The Kier molecular flexibility index (Phi) is 4.83. The first-order chi connectivity index (χ1) is 14.1. The van der Waals surface area contributed by atoms with Gasteiger partial charge in [0, 0.05) is 15.2 Å². The number of halogens is 3. The van der Waals surface area contributed by atoms with Gasteiger partial charge < -0.3 is 0 Å². The highest BCUT2D eigenvalue weighted by Crippen LogP contribution is 2.39. The molecule has 154 valence electrons. The first-order valence-corrected chi connectivity index (χ1v) is 10.5. The number of benzene rings is 3. The average Bonchev–Trinajstić information content (AvgIpc) is 2.70. The summed E-state index contributed by atoms with van der Waals surface area (Å²) >= 11 is 1.37. The molecule has 0 atom stereocenters. The number of carbonyl (C=O) groups excluding carboxylic acids is 2. The van der Waals surface area contributed by atoms with Crippen LogP contribution in [-0.2, 0) is 14.4 Å². The Labute approximate surface area is 172 Å². The zero-order valence-electron chi connectivity index (χ0n) is 14.7. The number of hydroxylamine groups is 2. The topological polar surface area (TPSA) is 80.8 Å². The van der Waals surface area contributed by atoms with Crippen molar-refractivity contribution in [2.45, 2.75) is 15.3 Å². The molecule has 0 fully saturated rings. The summed E-state index contributed by atoms with van der Waals surface area (Å²) in [6.07, 6.45) is 0. The lowest BCUT2D eigenvalue weighted by atomic mass is 9.95. The summed E-state index contributed by atoms with van der Waals surface area (Å²) in [5.74, 6) is -2.60. The third-order valence-corrected chi connectivity index (χ3v) is 6.25. The van der Waals surface area contributed by atoms with Crippen LogP contribution in [0, 0.1) is 0 Å². The average molecular weight is 453 g/mol. The summed E-state index contributed by atoms with van der Waals surface area (Å²) < 4.78 is 64.5. The quantitative estimate of drug-likeness (QED) is 0.431. The van der Waals surface area contributed by atoms with Crippen molar-refractivity contribution in [2.75, 3.05) is 0 Å². The van der Waals surface area contributed by atoms with Gasteiger partial charge in [-0.3, -0.25) is 9.59 Å². The molecule has 30 heavy (non-hydrogen) atoms. The van der Waals surface area contributed by atoms with Gasteiger partial charge in [-0.15, -0.1) is 9.35 Å². The van der Waals surface area contributed by atoms with E-state index in [1.165, 1.54) is 30.0 Å². The van der Waals surface area contributed by atoms with E-state index >= 15 is 0 Å². The molecule has 0 N–H and O–H groups in total. The minimum Gasteiger partial charge on any atom is -0.266 e. The molecule has 0 unspecified atom stereocenters. The maximum Gasteiger partial charge on any atom is 0.525 e. The first-order valence-electron chi connectivity index (χ1n) is 8.28. The zero-order valence-corrected chi connectivity index (χ0v) is 16.3. The van der Waals surface area contributed by atoms with Gasteiger partial charge in [0.05, 0.1) is 11.1 Å². The number of hydrogen-bond acceptors (Lipinski definition) is 6. The van der Waals surface area contributed by atoms with Crippen LogP contribution in [0.1, 0.15) is 20.7 Å². The fourth-order valence-electron chi connectivity index (χ4n) is 2.96. The molecule has 0 aliphatic carbocycles. The van der Waals surface area contributed by atoms with E-state index in [9.17, 15) is 31.2 Å². The lowest BCUT2D eigenvalue weighted by Gasteiger charge is -2.26. The van der Waals surface area contributed by atoms with Crippen LogP contribution in [0.3, 0.4) is 0 Å². The van der Waals surface area contributed by atoms with Crippen molar-refractivity contribution in [2.24, 2.45) is 0 Å².